The highest BCUT2D eigenvalue weighted by molar-refractivity contribution is 5.79. The lowest BCUT2D eigenvalue weighted by Crippen LogP contribution is -2.37. The van der Waals surface area contributed by atoms with Gasteiger partial charge in [0.1, 0.15) is 0 Å². The van der Waals surface area contributed by atoms with Gasteiger partial charge < -0.3 is 11.1 Å². The molecule has 2 aliphatic rings. The van der Waals surface area contributed by atoms with E-state index in [0.29, 0.717) is 17.9 Å². The summed E-state index contributed by atoms with van der Waals surface area (Å²) >= 11 is 0. The van der Waals surface area contributed by atoms with E-state index < -0.39 is 0 Å². The van der Waals surface area contributed by atoms with Crippen LogP contribution in [0.5, 0.6) is 0 Å². The zero-order chi connectivity index (χ0) is 9.97. The molecule has 0 saturated heterocycles. The van der Waals surface area contributed by atoms with Gasteiger partial charge >= 0.3 is 0 Å². The Balaban J connectivity index is 1.64. The highest BCUT2D eigenvalue weighted by atomic mass is 16.1. The molecule has 3 heteroatoms. The average molecular weight is 196 g/mol. The first kappa shape index (κ1) is 9.97. The minimum absolute atomic E-state index is 0.275. The molecule has 2 aliphatic carbocycles. The van der Waals surface area contributed by atoms with Gasteiger partial charge in [-0.15, -0.1) is 0 Å². The molecule has 0 aromatic rings. The van der Waals surface area contributed by atoms with Crippen LogP contribution in [-0.2, 0) is 4.79 Å². The zero-order valence-corrected chi connectivity index (χ0v) is 8.67. The van der Waals surface area contributed by atoms with E-state index in [1.54, 1.807) is 0 Å². The van der Waals surface area contributed by atoms with Gasteiger partial charge in [-0.3, -0.25) is 4.79 Å². The smallest absolute Gasteiger partial charge is 0.223 e. The Morgan fingerprint density at radius 3 is 2.57 bits per heavy atom. The van der Waals surface area contributed by atoms with Gasteiger partial charge in [-0.1, -0.05) is 6.42 Å². The maximum atomic E-state index is 11.5. The molecule has 2 fully saturated rings. The second kappa shape index (κ2) is 4.30. The third-order valence-corrected chi connectivity index (χ3v) is 3.62. The Bertz CT molecular complexity index is 213. The molecule has 14 heavy (non-hydrogen) atoms. The van der Waals surface area contributed by atoms with Crippen molar-refractivity contribution in [3.8, 4) is 0 Å². The number of amides is 1. The molecule has 1 amide bonds. The Hall–Kier alpha value is -0.570. The second-order valence-electron chi connectivity index (χ2n) is 4.81. The molecular weight excluding hydrogens is 176 g/mol. The van der Waals surface area contributed by atoms with E-state index in [1.165, 1.54) is 12.8 Å². The summed E-state index contributed by atoms with van der Waals surface area (Å²) in [7, 11) is 0. The van der Waals surface area contributed by atoms with Crippen LogP contribution in [0.15, 0.2) is 0 Å². The number of carbonyl (C=O) groups is 1. The quantitative estimate of drug-likeness (QED) is 0.708. The molecule has 2 unspecified atom stereocenters. The van der Waals surface area contributed by atoms with E-state index in [9.17, 15) is 4.79 Å². The van der Waals surface area contributed by atoms with Gasteiger partial charge in [-0.25, -0.2) is 0 Å². The lowest BCUT2D eigenvalue weighted by molar-refractivity contribution is -0.127. The molecule has 2 rings (SSSR count). The molecular formula is C11H20N2O. The van der Waals surface area contributed by atoms with Crippen molar-refractivity contribution in [1.82, 2.24) is 5.32 Å². The second-order valence-corrected chi connectivity index (χ2v) is 4.81. The van der Waals surface area contributed by atoms with Crippen LogP contribution in [-0.4, -0.2) is 18.5 Å². The van der Waals surface area contributed by atoms with Gasteiger partial charge in [-0.2, -0.15) is 0 Å². The SMILES string of the molecule is NC1CCC(CNC(=O)C2CCC2)C1. The van der Waals surface area contributed by atoms with Crippen LogP contribution >= 0.6 is 0 Å². The van der Waals surface area contributed by atoms with Gasteiger partial charge in [0.15, 0.2) is 0 Å². The number of rotatable bonds is 3. The van der Waals surface area contributed by atoms with E-state index in [1.807, 2.05) is 0 Å². The third kappa shape index (κ3) is 2.27. The minimum atomic E-state index is 0.275. The van der Waals surface area contributed by atoms with Crippen molar-refractivity contribution >= 4 is 5.91 Å². The van der Waals surface area contributed by atoms with E-state index in [-0.39, 0.29) is 5.91 Å². The fourth-order valence-corrected chi connectivity index (χ4v) is 2.36. The number of carbonyl (C=O) groups excluding carboxylic acids is 1. The van der Waals surface area contributed by atoms with Crippen molar-refractivity contribution in [2.75, 3.05) is 6.54 Å². The number of hydrogen-bond acceptors (Lipinski definition) is 2. The summed E-state index contributed by atoms with van der Waals surface area (Å²) in [4.78, 5) is 11.5. The van der Waals surface area contributed by atoms with Crippen molar-refractivity contribution in [3.05, 3.63) is 0 Å². The standard InChI is InChI=1S/C11H20N2O/c12-10-5-4-8(6-10)7-13-11(14)9-2-1-3-9/h8-10H,1-7,12H2,(H,13,14). The molecule has 3 N–H and O–H groups in total. The van der Waals surface area contributed by atoms with Crippen molar-refractivity contribution in [2.24, 2.45) is 17.6 Å². The first-order valence-corrected chi connectivity index (χ1v) is 5.79. The normalized spacial score (nSPS) is 32.6. The highest BCUT2D eigenvalue weighted by Crippen LogP contribution is 2.27. The van der Waals surface area contributed by atoms with Crippen molar-refractivity contribution in [3.63, 3.8) is 0 Å². The predicted octanol–water partition coefficient (Wildman–Crippen LogP) is 1.03. The van der Waals surface area contributed by atoms with Crippen LogP contribution in [0.1, 0.15) is 38.5 Å². The maximum absolute atomic E-state index is 11.5. The van der Waals surface area contributed by atoms with Crippen LogP contribution in [0.4, 0.5) is 0 Å². The van der Waals surface area contributed by atoms with Crippen molar-refractivity contribution < 1.29 is 4.79 Å². The van der Waals surface area contributed by atoms with Crippen LogP contribution in [0.25, 0.3) is 0 Å². The average Bonchev–Trinajstić information content (AvgIpc) is 2.45. The van der Waals surface area contributed by atoms with Crippen LogP contribution in [0, 0.1) is 11.8 Å². The molecule has 0 aromatic carbocycles. The molecule has 80 valence electrons. The fraction of sp³-hybridized carbons (Fsp3) is 0.909. The highest BCUT2D eigenvalue weighted by Gasteiger charge is 2.27. The summed E-state index contributed by atoms with van der Waals surface area (Å²) in [5, 5.41) is 3.05. The topological polar surface area (TPSA) is 55.1 Å². The van der Waals surface area contributed by atoms with Crippen molar-refractivity contribution in [2.45, 2.75) is 44.6 Å². The van der Waals surface area contributed by atoms with E-state index in [2.05, 4.69) is 5.32 Å². The van der Waals surface area contributed by atoms with Gasteiger partial charge in [-0.05, 0) is 38.0 Å². The first-order chi connectivity index (χ1) is 6.75. The van der Waals surface area contributed by atoms with Crippen molar-refractivity contribution in [1.29, 1.82) is 0 Å². The summed E-state index contributed by atoms with van der Waals surface area (Å²) in [6, 6.07) is 0.376. The van der Waals surface area contributed by atoms with Crippen LogP contribution in [0.2, 0.25) is 0 Å². The molecule has 2 atom stereocenters. The molecule has 0 spiro atoms. The molecule has 3 nitrogen and oxygen atoms in total. The summed E-state index contributed by atoms with van der Waals surface area (Å²) in [6.07, 6.45) is 6.82. The molecule has 0 aliphatic heterocycles. The Kier molecular flexibility index (Phi) is 3.06. The Morgan fingerprint density at radius 2 is 2.07 bits per heavy atom. The van der Waals surface area contributed by atoms with Gasteiger partial charge in [0.25, 0.3) is 0 Å². The lowest BCUT2D eigenvalue weighted by Gasteiger charge is -2.24. The molecule has 0 aromatic heterocycles. The zero-order valence-electron chi connectivity index (χ0n) is 8.67. The molecule has 0 radical (unpaired) electrons. The first-order valence-electron chi connectivity index (χ1n) is 5.79. The Labute approximate surface area is 85.4 Å². The van der Waals surface area contributed by atoms with E-state index in [4.69, 9.17) is 5.73 Å². The van der Waals surface area contributed by atoms with Crippen LogP contribution in [0.3, 0.4) is 0 Å². The summed E-state index contributed by atoms with van der Waals surface area (Å²) in [5.41, 5.74) is 5.82. The lowest BCUT2D eigenvalue weighted by atomic mass is 9.85. The van der Waals surface area contributed by atoms with Gasteiger partial charge in [0, 0.05) is 18.5 Å². The number of nitrogens with one attached hydrogen (secondary N) is 1. The van der Waals surface area contributed by atoms with E-state index in [0.717, 1.165) is 32.2 Å². The molecule has 2 saturated carbocycles. The largest absolute Gasteiger partial charge is 0.356 e. The number of nitrogens with two attached hydrogens (primary N) is 1. The number of hydrogen-bond donors (Lipinski definition) is 2. The maximum Gasteiger partial charge on any atom is 0.223 e. The summed E-state index contributed by atoms with van der Waals surface area (Å²) in [6.45, 7) is 0.850. The van der Waals surface area contributed by atoms with Gasteiger partial charge in [0.05, 0.1) is 0 Å². The van der Waals surface area contributed by atoms with Gasteiger partial charge in [0.2, 0.25) is 5.91 Å². The molecule has 0 bridgehead atoms. The monoisotopic (exact) mass is 196 g/mol. The van der Waals surface area contributed by atoms with Crippen LogP contribution < -0.4 is 11.1 Å². The Morgan fingerprint density at radius 1 is 1.29 bits per heavy atom. The fourth-order valence-electron chi connectivity index (χ4n) is 2.36. The summed E-state index contributed by atoms with van der Waals surface area (Å²) in [5.74, 6) is 1.23. The minimum Gasteiger partial charge on any atom is -0.356 e. The molecule has 0 heterocycles. The predicted molar refractivity (Wildman–Crippen MR) is 55.7 cm³/mol. The summed E-state index contributed by atoms with van der Waals surface area (Å²) < 4.78 is 0. The third-order valence-electron chi connectivity index (χ3n) is 3.62. The van der Waals surface area contributed by atoms with E-state index >= 15 is 0 Å².